The van der Waals surface area contributed by atoms with Crippen LogP contribution in [0.5, 0.6) is 0 Å². The summed E-state index contributed by atoms with van der Waals surface area (Å²) in [5.74, 6) is -1.21. The van der Waals surface area contributed by atoms with Crippen molar-refractivity contribution in [2.45, 2.75) is 19.9 Å². The first-order chi connectivity index (χ1) is 14.0. The van der Waals surface area contributed by atoms with Crippen LogP contribution in [0.1, 0.15) is 28.4 Å². The molecule has 0 bridgehead atoms. The molecule has 0 amide bonds. The van der Waals surface area contributed by atoms with Crippen LogP contribution >= 0.6 is 0 Å². The van der Waals surface area contributed by atoms with Crippen molar-refractivity contribution in [3.8, 4) is 11.5 Å². The molecule has 0 aliphatic carbocycles. The third kappa shape index (κ3) is 2.87. The van der Waals surface area contributed by atoms with Gasteiger partial charge in [0.15, 0.2) is 17.4 Å². The van der Waals surface area contributed by atoms with Crippen molar-refractivity contribution >= 4 is 22.3 Å². The van der Waals surface area contributed by atoms with Crippen molar-refractivity contribution in [3.63, 3.8) is 0 Å². The summed E-state index contributed by atoms with van der Waals surface area (Å²) in [6, 6.07) is 5.88. The Bertz CT molecular complexity index is 1250. The number of benzene rings is 1. The second-order valence-corrected chi connectivity index (χ2v) is 6.98. The van der Waals surface area contributed by atoms with Gasteiger partial charge in [0.2, 0.25) is 5.43 Å². The van der Waals surface area contributed by atoms with Gasteiger partial charge in [0.25, 0.3) is 0 Å². The number of pyridine rings is 1. The molecule has 29 heavy (non-hydrogen) atoms. The summed E-state index contributed by atoms with van der Waals surface area (Å²) in [5, 5.41) is 4.06. The predicted molar refractivity (Wildman–Crippen MR) is 112 cm³/mol. The maximum Gasteiger partial charge on any atom is 0.229 e. The van der Waals surface area contributed by atoms with E-state index in [1.165, 1.54) is 6.20 Å². The molecule has 0 spiro atoms. The van der Waals surface area contributed by atoms with Crippen LogP contribution in [0.3, 0.4) is 0 Å². The van der Waals surface area contributed by atoms with Crippen LogP contribution in [0, 0.1) is 5.82 Å². The van der Waals surface area contributed by atoms with Gasteiger partial charge in [-0.05, 0) is 32.0 Å². The van der Waals surface area contributed by atoms with Crippen molar-refractivity contribution in [1.29, 1.82) is 0 Å². The van der Waals surface area contributed by atoms with E-state index >= 15 is 4.39 Å². The van der Waals surface area contributed by atoms with Gasteiger partial charge in [0.05, 0.1) is 5.56 Å². The molecule has 0 unspecified atom stereocenters. The van der Waals surface area contributed by atoms with Gasteiger partial charge in [0.1, 0.15) is 11.3 Å². The number of fused-ring (bicyclic) bond motifs is 5. The molecule has 1 aromatic carbocycles. The number of likely N-dealkylation sites (N-methyl/N-ethyl adjacent to an activating group) is 1. The molecule has 0 saturated carbocycles. The zero-order chi connectivity index (χ0) is 20.7. The largest absolute Gasteiger partial charge is 0.453 e. The normalized spacial score (nSPS) is 13.3. The van der Waals surface area contributed by atoms with Crippen LogP contribution in [0.15, 0.2) is 52.3 Å². The monoisotopic (exact) mass is 392 g/mol. The second kappa shape index (κ2) is 7.29. The SMILES string of the molecule is C=CC(=O)c1cn2c(c(F)c1=O)-c1oc3c(/C(=C/C)CNC)cccc3c1CC2. The molecule has 1 aliphatic rings. The Morgan fingerprint density at radius 2 is 2.17 bits per heavy atom. The molecule has 0 fully saturated rings. The number of nitrogens with one attached hydrogen (secondary N) is 1. The van der Waals surface area contributed by atoms with E-state index in [0.29, 0.717) is 30.9 Å². The van der Waals surface area contributed by atoms with E-state index in [2.05, 4.69) is 11.9 Å². The number of aromatic nitrogens is 1. The molecule has 148 valence electrons. The number of halogens is 1. The Kier molecular flexibility index (Phi) is 4.80. The number of carbonyl (C=O) groups is 1. The molecule has 3 aromatic rings. The van der Waals surface area contributed by atoms with Gasteiger partial charge in [-0.2, -0.15) is 0 Å². The minimum absolute atomic E-state index is 0.0923. The number of allylic oxidation sites excluding steroid dienone is 2. The third-order valence-electron chi connectivity index (χ3n) is 5.37. The van der Waals surface area contributed by atoms with Crippen LogP contribution in [0.4, 0.5) is 4.39 Å². The van der Waals surface area contributed by atoms with Gasteiger partial charge in [-0.15, -0.1) is 0 Å². The summed E-state index contributed by atoms with van der Waals surface area (Å²) in [5.41, 5.74) is 2.49. The van der Waals surface area contributed by atoms with E-state index < -0.39 is 17.0 Å². The van der Waals surface area contributed by atoms with Gasteiger partial charge in [0, 0.05) is 35.8 Å². The standard InChI is InChI=1S/C23H21FN2O3/c1-4-13(11-25-3)14-7-6-8-15-16-9-10-26-12-17(18(27)5-2)21(28)19(24)20(26)23(16)29-22(14)15/h4-8,12,25H,2,9-11H2,1,3H3/b13-4+. The van der Waals surface area contributed by atoms with Crippen LogP contribution < -0.4 is 10.7 Å². The fraction of sp³-hybridized carbons (Fsp3) is 0.217. The highest BCUT2D eigenvalue weighted by Gasteiger charge is 2.29. The maximum absolute atomic E-state index is 15.1. The average Bonchev–Trinajstić information content (AvgIpc) is 3.12. The average molecular weight is 392 g/mol. The van der Waals surface area contributed by atoms with E-state index in [-0.39, 0.29) is 11.3 Å². The summed E-state index contributed by atoms with van der Waals surface area (Å²) in [6.45, 7) is 6.46. The number of carbonyl (C=O) groups excluding carboxylic acids is 1. The van der Waals surface area contributed by atoms with Crippen molar-refractivity contribution in [1.82, 2.24) is 9.88 Å². The molecule has 4 rings (SSSR count). The van der Waals surface area contributed by atoms with Crippen LogP contribution in [-0.2, 0) is 13.0 Å². The van der Waals surface area contributed by atoms with E-state index in [9.17, 15) is 9.59 Å². The van der Waals surface area contributed by atoms with Crippen LogP contribution in [0.25, 0.3) is 28.0 Å². The predicted octanol–water partition coefficient (Wildman–Crippen LogP) is 3.95. The van der Waals surface area contributed by atoms with E-state index in [0.717, 1.165) is 28.2 Å². The Labute approximate surface area is 167 Å². The number of para-hydroxylation sites is 1. The number of ketones is 1. The first kappa shape index (κ1) is 19.1. The summed E-state index contributed by atoms with van der Waals surface area (Å²) >= 11 is 0. The molecule has 2 aromatic heterocycles. The van der Waals surface area contributed by atoms with Crippen LogP contribution in [0.2, 0.25) is 0 Å². The van der Waals surface area contributed by atoms with Crippen molar-refractivity contribution in [2.75, 3.05) is 13.6 Å². The van der Waals surface area contributed by atoms with Crippen molar-refractivity contribution < 1.29 is 13.6 Å². The van der Waals surface area contributed by atoms with Gasteiger partial charge < -0.3 is 14.3 Å². The number of rotatable bonds is 5. The lowest BCUT2D eigenvalue weighted by Crippen LogP contribution is -2.25. The van der Waals surface area contributed by atoms with Gasteiger partial charge in [-0.1, -0.05) is 30.9 Å². The summed E-state index contributed by atoms with van der Waals surface area (Å²) in [4.78, 5) is 24.4. The summed E-state index contributed by atoms with van der Waals surface area (Å²) < 4.78 is 22.8. The Morgan fingerprint density at radius 1 is 1.38 bits per heavy atom. The number of nitrogens with zero attached hydrogens (tertiary/aromatic N) is 1. The summed E-state index contributed by atoms with van der Waals surface area (Å²) in [6.07, 6.45) is 5.05. The van der Waals surface area contributed by atoms with Crippen molar-refractivity contribution in [3.05, 3.63) is 75.9 Å². The van der Waals surface area contributed by atoms with Crippen LogP contribution in [-0.4, -0.2) is 23.9 Å². The number of aryl methyl sites for hydroxylation is 2. The Balaban J connectivity index is 1.99. The highest BCUT2D eigenvalue weighted by atomic mass is 19.1. The molecule has 1 N–H and O–H groups in total. The van der Waals surface area contributed by atoms with E-state index in [1.54, 1.807) is 4.57 Å². The minimum Gasteiger partial charge on any atom is -0.453 e. The molecule has 3 heterocycles. The molecule has 5 nitrogen and oxygen atoms in total. The first-order valence-electron chi connectivity index (χ1n) is 9.46. The first-order valence-corrected chi connectivity index (χ1v) is 9.46. The molecule has 0 saturated heterocycles. The summed E-state index contributed by atoms with van der Waals surface area (Å²) in [7, 11) is 1.87. The Morgan fingerprint density at radius 3 is 2.86 bits per heavy atom. The number of hydrogen-bond acceptors (Lipinski definition) is 4. The highest BCUT2D eigenvalue weighted by Crippen LogP contribution is 2.40. The van der Waals surface area contributed by atoms with E-state index in [1.807, 2.05) is 38.2 Å². The zero-order valence-corrected chi connectivity index (χ0v) is 16.3. The van der Waals surface area contributed by atoms with E-state index in [4.69, 9.17) is 4.42 Å². The molecular weight excluding hydrogens is 371 g/mol. The number of furan rings is 1. The molecule has 0 radical (unpaired) electrons. The maximum atomic E-state index is 15.1. The minimum atomic E-state index is -0.972. The quantitative estimate of drug-likeness (QED) is 0.528. The molecule has 0 atom stereocenters. The topological polar surface area (TPSA) is 64.2 Å². The lowest BCUT2D eigenvalue weighted by Gasteiger charge is -2.19. The smallest absolute Gasteiger partial charge is 0.229 e. The van der Waals surface area contributed by atoms with Crippen molar-refractivity contribution in [2.24, 2.45) is 0 Å². The highest BCUT2D eigenvalue weighted by molar-refractivity contribution is 6.04. The molecular formula is C23H21FN2O3. The molecule has 6 heteroatoms. The zero-order valence-electron chi connectivity index (χ0n) is 16.3. The fourth-order valence-electron chi connectivity index (χ4n) is 3.96. The lowest BCUT2D eigenvalue weighted by atomic mass is 9.97. The Hall–Kier alpha value is -3.25. The van der Waals surface area contributed by atoms with Gasteiger partial charge in [-0.25, -0.2) is 4.39 Å². The lowest BCUT2D eigenvalue weighted by molar-refractivity contribution is 0.104. The van der Waals surface area contributed by atoms with Gasteiger partial charge in [-0.3, -0.25) is 9.59 Å². The van der Waals surface area contributed by atoms with Gasteiger partial charge >= 0.3 is 0 Å². The number of hydrogen-bond donors (Lipinski definition) is 1. The fourth-order valence-corrected chi connectivity index (χ4v) is 3.96. The second-order valence-electron chi connectivity index (χ2n) is 6.98. The third-order valence-corrected chi connectivity index (χ3v) is 5.37. The molecule has 1 aliphatic heterocycles.